The van der Waals surface area contributed by atoms with Gasteiger partial charge in [0.15, 0.2) is 0 Å². The first-order valence-electron chi connectivity index (χ1n) is 7.56. The van der Waals surface area contributed by atoms with Gasteiger partial charge in [0.05, 0.1) is 13.0 Å². The number of likely N-dealkylation sites (tertiary alicyclic amines) is 1. The SMILES string of the molecule is CCOC(=O)Cc1[nH]c(=O)sc1CN1CC(C)CC(C)C1. The largest absolute Gasteiger partial charge is 0.466 e. The summed E-state index contributed by atoms with van der Waals surface area (Å²) in [5.74, 6) is 1.07. The number of hydrogen-bond acceptors (Lipinski definition) is 5. The second-order valence-electron chi connectivity index (χ2n) is 6.04. The Morgan fingerprint density at radius 2 is 2.05 bits per heavy atom. The van der Waals surface area contributed by atoms with Crippen molar-refractivity contribution in [1.29, 1.82) is 0 Å². The smallest absolute Gasteiger partial charge is 0.311 e. The quantitative estimate of drug-likeness (QED) is 0.845. The van der Waals surface area contributed by atoms with E-state index < -0.39 is 0 Å². The van der Waals surface area contributed by atoms with Crippen LogP contribution in [0.25, 0.3) is 0 Å². The van der Waals surface area contributed by atoms with Crippen LogP contribution in [0.5, 0.6) is 0 Å². The maximum absolute atomic E-state index is 11.6. The highest BCUT2D eigenvalue weighted by Gasteiger charge is 2.23. The molecule has 1 N–H and O–H groups in total. The highest BCUT2D eigenvalue weighted by Crippen LogP contribution is 2.24. The first kappa shape index (κ1) is 16.2. The van der Waals surface area contributed by atoms with Crippen LogP contribution in [0.4, 0.5) is 0 Å². The number of aromatic nitrogens is 1. The lowest BCUT2D eigenvalue weighted by molar-refractivity contribution is -0.142. The van der Waals surface area contributed by atoms with Crippen LogP contribution in [-0.4, -0.2) is 35.5 Å². The number of nitrogens with one attached hydrogen (secondary N) is 1. The van der Waals surface area contributed by atoms with E-state index in [0.29, 0.717) is 24.1 Å². The van der Waals surface area contributed by atoms with Gasteiger partial charge in [-0.25, -0.2) is 0 Å². The summed E-state index contributed by atoms with van der Waals surface area (Å²) in [6, 6.07) is 0. The summed E-state index contributed by atoms with van der Waals surface area (Å²) in [4.78, 5) is 29.3. The molecule has 0 amide bonds. The van der Waals surface area contributed by atoms with E-state index in [-0.39, 0.29) is 17.3 Å². The molecular weight excluding hydrogens is 288 g/mol. The maximum Gasteiger partial charge on any atom is 0.311 e. The van der Waals surface area contributed by atoms with Crippen LogP contribution in [-0.2, 0) is 22.5 Å². The molecule has 0 saturated carbocycles. The number of hydrogen-bond donors (Lipinski definition) is 1. The number of aromatic amines is 1. The van der Waals surface area contributed by atoms with Gasteiger partial charge in [0.1, 0.15) is 0 Å². The first-order chi connectivity index (χ1) is 9.97. The Morgan fingerprint density at radius 3 is 2.67 bits per heavy atom. The average Bonchev–Trinajstić information content (AvgIpc) is 2.68. The molecule has 1 saturated heterocycles. The number of rotatable bonds is 5. The maximum atomic E-state index is 11.6. The van der Waals surface area contributed by atoms with Gasteiger partial charge in [-0.05, 0) is 25.2 Å². The molecule has 6 heteroatoms. The van der Waals surface area contributed by atoms with Crippen LogP contribution >= 0.6 is 11.3 Å². The number of ether oxygens (including phenoxy) is 1. The summed E-state index contributed by atoms with van der Waals surface area (Å²) in [7, 11) is 0. The number of carbonyl (C=O) groups is 1. The molecule has 2 unspecified atom stereocenters. The minimum atomic E-state index is -0.284. The van der Waals surface area contributed by atoms with Crippen LogP contribution in [0.3, 0.4) is 0 Å². The van der Waals surface area contributed by atoms with Gasteiger partial charge in [-0.15, -0.1) is 0 Å². The number of carbonyl (C=O) groups excluding carboxylic acids is 1. The Labute approximate surface area is 129 Å². The lowest BCUT2D eigenvalue weighted by atomic mass is 9.92. The number of esters is 1. The molecule has 2 atom stereocenters. The second-order valence-corrected chi connectivity index (χ2v) is 7.11. The molecule has 1 aromatic heterocycles. The van der Waals surface area contributed by atoms with Crippen LogP contribution in [0, 0.1) is 11.8 Å². The Bertz CT molecular complexity index is 527. The van der Waals surface area contributed by atoms with Gasteiger partial charge in [-0.3, -0.25) is 14.5 Å². The summed E-state index contributed by atoms with van der Waals surface area (Å²) in [5.41, 5.74) is 0.717. The molecule has 2 rings (SSSR count). The predicted molar refractivity (Wildman–Crippen MR) is 83.5 cm³/mol. The van der Waals surface area contributed by atoms with Crippen LogP contribution in [0.15, 0.2) is 4.79 Å². The summed E-state index contributed by atoms with van der Waals surface area (Å²) >= 11 is 1.21. The van der Waals surface area contributed by atoms with E-state index in [1.807, 2.05) is 0 Å². The third-order valence-electron chi connectivity index (χ3n) is 3.74. The van der Waals surface area contributed by atoms with Gasteiger partial charge in [0, 0.05) is 30.2 Å². The van der Waals surface area contributed by atoms with Gasteiger partial charge in [0.2, 0.25) is 0 Å². The minimum Gasteiger partial charge on any atom is -0.466 e. The van der Waals surface area contributed by atoms with E-state index in [0.717, 1.165) is 24.5 Å². The molecule has 0 radical (unpaired) electrons. The fraction of sp³-hybridized carbons (Fsp3) is 0.733. The topological polar surface area (TPSA) is 62.4 Å². The lowest BCUT2D eigenvalue weighted by Gasteiger charge is -2.34. The highest BCUT2D eigenvalue weighted by atomic mass is 32.1. The van der Waals surface area contributed by atoms with Crippen molar-refractivity contribution in [3.63, 3.8) is 0 Å². The Hall–Kier alpha value is -1.14. The van der Waals surface area contributed by atoms with Gasteiger partial charge < -0.3 is 9.72 Å². The second kappa shape index (κ2) is 7.22. The van der Waals surface area contributed by atoms with E-state index in [1.54, 1.807) is 6.92 Å². The fourth-order valence-electron chi connectivity index (χ4n) is 3.14. The normalized spacial score (nSPS) is 23.2. The van der Waals surface area contributed by atoms with Crippen molar-refractivity contribution in [2.24, 2.45) is 11.8 Å². The van der Waals surface area contributed by atoms with Crippen molar-refractivity contribution < 1.29 is 9.53 Å². The van der Waals surface area contributed by atoms with Crippen molar-refractivity contribution in [2.75, 3.05) is 19.7 Å². The molecule has 0 bridgehead atoms. The zero-order valence-corrected chi connectivity index (χ0v) is 13.8. The monoisotopic (exact) mass is 312 g/mol. The van der Waals surface area contributed by atoms with Gasteiger partial charge in [-0.1, -0.05) is 25.2 Å². The van der Waals surface area contributed by atoms with E-state index in [1.165, 1.54) is 17.8 Å². The van der Waals surface area contributed by atoms with Gasteiger partial charge in [-0.2, -0.15) is 0 Å². The fourth-order valence-corrected chi connectivity index (χ4v) is 4.03. The molecule has 1 aliphatic heterocycles. The molecule has 0 aliphatic carbocycles. The number of H-pyrrole nitrogens is 1. The van der Waals surface area contributed by atoms with Crippen molar-refractivity contribution in [1.82, 2.24) is 9.88 Å². The standard InChI is InChI=1S/C15H24N2O3S/c1-4-20-14(18)6-12-13(21-15(19)16-12)9-17-7-10(2)5-11(3)8-17/h10-11H,4-9H2,1-3H3,(H,16,19). The van der Waals surface area contributed by atoms with Crippen LogP contribution < -0.4 is 4.87 Å². The molecule has 1 aromatic rings. The van der Waals surface area contributed by atoms with E-state index in [9.17, 15) is 9.59 Å². The molecular formula is C15H24N2O3S. The third kappa shape index (κ3) is 4.68. The predicted octanol–water partition coefficient (Wildman–Crippen LogP) is 2.02. The number of nitrogens with zero attached hydrogens (tertiary/aromatic N) is 1. The van der Waals surface area contributed by atoms with Crippen molar-refractivity contribution in [3.8, 4) is 0 Å². The molecule has 1 aliphatic rings. The van der Waals surface area contributed by atoms with Crippen molar-refractivity contribution in [3.05, 3.63) is 20.2 Å². The molecule has 118 valence electrons. The summed E-state index contributed by atoms with van der Waals surface area (Å²) in [5, 5.41) is 0. The molecule has 1 fully saturated rings. The Balaban J connectivity index is 2.05. The lowest BCUT2D eigenvalue weighted by Crippen LogP contribution is -2.38. The Morgan fingerprint density at radius 1 is 1.38 bits per heavy atom. The summed E-state index contributed by atoms with van der Waals surface area (Å²) in [6.07, 6.45) is 1.41. The molecule has 21 heavy (non-hydrogen) atoms. The Kier molecular flexibility index (Phi) is 5.58. The first-order valence-corrected chi connectivity index (χ1v) is 8.38. The molecule has 2 heterocycles. The van der Waals surface area contributed by atoms with Crippen LogP contribution in [0.1, 0.15) is 37.8 Å². The highest BCUT2D eigenvalue weighted by molar-refractivity contribution is 7.09. The molecule has 5 nitrogen and oxygen atoms in total. The number of piperidine rings is 1. The summed E-state index contributed by atoms with van der Waals surface area (Å²) in [6.45, 7) is 9.52. The zero-order valence-electron chi connectivity index (χ0n) is 13.0. The van der Waals surface area contributed by atoms with E-state index >= 15 is 0 Å². The van der Waals surface area contributed by atoms with Gasteiger partial charge >= 0.3 is 10.8 Å². The van der Waals surface area contributed by atoms with E-state index in [4.69, 9.17) is 4.74 Å². The molecule has 0 spiro atoms. The number of thiazole rings is 1. The third-order valence-corrected chi connectivity index (χ3v) is 4.65. The zero-order chi connectivity index (χ0) is 15.4. The summed E-state index contributed by atoms with van der Waals surface area (Å²) < 4.78 is 4.96. The average molecular weight is 312 g/mol. The van der Waals surface area contributed by atoms with Crippen molar-refractivity contribution >= 4 is 17.3 Å². The van der Waals surface area contributed by atoms with E-state index in [2.05, 4.69) is 23.7 Å². The van der Waals surface area contributed by atoms with Crippen LogP contribution in [0.2, 0.25) is 0 Å². The van der Waals surface area contributed by atoms with Gasteiger partial charge in [0.25, 0.3) is 0 Å². The molecule has 0 aromatic carbocycles. The van der Waals surface area contributed by atoms with Crippen molar-refractivity contribution in [2.45, 2.75) is 40.2 Å². The minimum absolute atomic E-state index is 0.0950.